The zero-order valence-corrected chi connectivity index (χ0v) is 15.9. The van der Waals surface area contributed by atoms with E-state index in [4.69, 9.17) is 5.73 Å². The summed E-state index contributed by atoms with van der Waals surface area (Å²) in [6.45, 7) is 7.94. The van der Waals surface area contributed by atoms with Gasteiger partial charge in [-0.25, -0.2) is 4.79 Å². The van der Waals surface area contributed by atoms with Crippen LogP contribution in [0.4, 0.5) is 5.69 Å². The SMILES string of the molecule is CC(C)(C)OC=O.COC(=O)c1ccc(N)c(C#CC2CCNCC2)c1. The van der Waals surface area contributed by atoms with Crippen LogP contribution in [-0.2, 0) is 14.3 Å². The van der Waals surface area contributed by atoms with Gasteiger partial charge in [0, 0.05) is 17.2 Å². The molecule has 0 radical (unpaired) electrons. The van der Waals surface area contributed by atoms with Gasteiger partial charge in [0.05, 0.1) is 12.7 Å². The molecule has 0 spiro atoms. The summed E-state index contributed by atoms with van der Waals surface area (Å²) in [6.07, 6.45) is 2.12. The number of hydrogen-bond donors (Lipinski definition) is 2. The first-order chi connectivity index (χ1) is 12.3. The Kier molecular flexibility index (Phi) is 8.66. The van der Waals surface area contributed by atoms with Gasteiger partial charge in [0.25, 0.3) is 6.47 Å². The van der Waals surface area contributed by atoms with E-state index in [9.17, 15) is 9.59 Å². The predicted octanol–water partition coefficient (Wildman–Crippen LogP) is 2.36. The summed E-state index contributed by atoms with van der Waals surface area (Å²) in [5.74, 6) is 6.37. The molecule has 0 amide bonds. The highest BCUT2D eigenvalue weighted by atomic mass is 16.5. The second-order valence-corrected chi connectivity index (χ2v) is 6.91. The van der Waals surface area contributed by atoms with Crippen molar-refractivity contribution in [3.63, 3.8) is 0 Å². The van der Waals surface area contributed by atoms with Gasteiger partial charge in [-0.1, -0.05) is 11.8 Å². The van der Waals surface area contributed by atoms with Gasteiger partial charge < -0.3 is 20.5 Å². The number of rotatable bonds is 2. The molecule has 142 valence electrons. The number of nitrogens with one attached hydrogen (secondary N) is 1. The van der Waals surface area contributed by atoms with Gasteiger partial charge >= 0.3 is 5.97 Å². The maximum atomic E-state index is 11.5. The normalized spacial score (nSPS) is 14.2. The fourth-order valence-corrected chi connectivity index (χ4v) is 2.20. The number of carbonyl (C=O) groups excluding carboxylic acids is 2. The Bertz CT molecular complexity index is 663. The van der Waals surface area contributed by atoms with E-state index >= 15 is 0 Å². The van der Waals surface area contributed by atoms with Crippen LogP contribution < -0.4 is 11.1 Å². The lowest BCUT2D eigenvalue weighted by atomic mass is 9.98. The number of esters is 1. The van der Waals surface area contributed by atoms with Gasteiger partial charge in [-0.3, -0.25) is 4.79 Å². The quantitative estimate of drug-likeness (QED) is 0.364. The largest absolute Gasteiger partial charge is 0.465 e. The number of hydrogen-bond acceptors (Lipinski definition) is 6. The fraction of sp³-hybridized carbons (Fsp3) is 0.500. The summed E-state index contributed by atoms with van der Waals surface area (Å²) in [7, 11) is 1.36. The Labute approximate surface area is 155 Å². The van der Waals surface area contributed by atoms with Crippen molar-refractivity contribution in [3.8, 4) is 11.8 Å². The molecule has 0 aromatic heterocycles. The fourth-order valence-electron chi connectivity index (χ4n) is 2.20. The third-order valence-electron chi connectivity index (χ3n) is 3.63. The highest BCUT2D eigenvalue weighted by Crippen LogP contribution is 2.15. The smallest absolute Gasteiger partial charge is 0.337 e. The summed E-state index contributed by atoms with van der Waals surface area (Å²) < 4.78 is 9.24. The van der Waals surface area contributed by atoms with E-state index in [0.717, 1.165) is 25.9 Å². The molecule has 0 bridgehead atoms. The Balaban J connectivity index is 0.000000412. The minimum absolute atomic E-state index is 0.318. The number of nitrogen functional groups attached to an aromatic ring is 1. The Morgan fingerprint density at radius 1 is 1.31 bits per heavy atom. The molecule has 6 heteroatoms. The lowest BCUT2D eigenvalue weighted by Crippen LogP contribution is -2.26. The van der Waals surface area contributed by atoms with Crippen LogP contribution in [-0.4, -0.2) is 38.2 Å². The number of benzene rings is 1. The molecule has 2 rings (SSSR count). The molecule has 3 N–H and O–H groups in total. The molecule has 1 fully saturated rings. The van der Waals surface area contributed by atoms with Crippen LogP contribution in [0.15, 0.2) is 18.2 Å². The van der Waals surface area contributed by atoms with Crippen LogP contribution >= 0.6 is 0 Å². The van der Waals surface area contributed by atoms with E-state index in [2.05, 4.69) is 26.6 Å². The zero-order chi connectivity index (χ0) is 19.6. The Morgan fingerprint density at radius 2 is 1.96 bits per heavy atom. The van der Waals surface area contributed by atoms with Crippen LogP contribution in [0.2, 0.25) is 0 Å². The number of piperidine rings is 1. The molecule has 0 saturated carbocycles. The summed E-state index contributed by atoms with van der Waals surface area (Å²) >= 11 is 0. The predicted molar refractivity (Wildman–Crippen MR) is 102 cm³/mol. The molecule has 26 heavy (non-hydrogen) atoms. The van der Waals surface area contributed by atoms with E-state index in [-0.39, 0.29) is 11.6 Å². The first kappa shape index (κ1) is 21.5. The first-order valence-electron chi connectivity index (χ1n) is 8.58. The van der Waals surface area contributed by atoms with Crippen LogP contribution in [0, 0.1) is 17.8 Å². The van der Waals surface area contributed by atoms with Crippen molar-refractivity contribution in [2.75, 3.05) is 25.9 Å². The molecule has 1 aliphatic heterocycles. The van der Waals surface area contributed by atoms with Crippen molar-refractivity contribution in [2.45, 2.75) is 39.2 Å². The van der Waals surface area contributed by atoms with Crippen LogP contribution in [0.1, 0.15) is 49.5 Å². The number of methoxy groups -OCH3 is 1. The van der Waals surface area contributed by atoms with Gasteiger partial charge in [0.15, 0.2) is 0 Å². The average Bonchev–Trinajstić information content (AvgIpc) is 2.61. The molecule has 0 unspecified atom stereocenters. The van der Waals surface area contributed by atoms with Gasteiger partial charge in [-0.05, 0) is 64.9 Å². The highest BCUT2D eigenvalue weighted by Gasteiger charge is 2.10. The summed E-state index contributed by atoms with van der Waals surface area (Å²) in [5.41, 5.74) is 7.33. The minimum Gasteiger partial charge on any atom is -0.465 e. The maximum absolute atomic E-state index is 11.5. The Hall–Kier alpha value is -2.52. The monoisotopic (exact) mass is 360 g/mol. The van der Waals surface area contributed by atoms with Crippen molar-refractivity contribution in [1.82, 2.24) is 5.32 Å². The number of anilines is 1. The second kappa shape index (κ2) is 10.5. The maximum Gasteiger partial charge on any atom is 0.337 e. The van der Waals surface area contributed by atoms with Crippen LogP contribution in [0.25, 0.3) is 0 Å². The van der Waals surface area contributed by atoms with Crippen molar-refractivity contribution < 1.29 is 19.1 Å². The highest BCUT2D eigenvalue weighted by molar-refractivity contribution is 5.90. The first-order valence-corrected chi connectivity index (χ1v) is 8.58. The molecular weight excluding hydrogens is 332 g/mol. The lowest BCUT2D eigenvalue weighted by molar-refractivity contribution is -0.138. The number of ether oxygens (including phenoxy) is 2. The molecule has 0 atom stereocenters. The third kappa shape index (κ3) is 8.04. The van der Waals surface area contributed by atoms with E-state index in [1.165, 1.54) is 7.11 Å². The van der Waals surface area contributed by atoms with Gasteiger partial charge in [-0.15, -0.1) is 0 Å². The summed E-state index contributed by atoms with van der Waals surface area (Å²) in [4.78, 5) is 21.1. The van der Waals surface area contributed by atoms with E-state index < -0.39 is 0 Å². The molecular formula is C20H28N2O4. The van der Waals surface area contributed by atoms with Gasteiger partial charge in [0.2, 0.25) is 0 Å². The topological polar surface area (TPSA) is 90.7 Å². The summed E-state index contributed by atoms with van der Waals surface area (Å²) in [6, 6.07) is 5.03. The molecule has 1 saturated heterocycles. The minimum atomic E-state index is -0.370. The Morgan fingerprint density at radius 3 is 2.46 bits per heavy atom. The van der Waals surface area contributed by atoms with Crippen LogP contribution in [0.5, 0.6) is 0 Å². The number of nitrogens with two attached hydrogens (primary N) is 1. The van der Waals surface area contributed by atoms with E-state index in [1.54, 1.807) is 18.2 Å². The zero-order valence-electron chi connectivity index (χ0n) is 15.9. The van der Waals surface area contributed by atoms with Crippen LogP contribution in [0.3, 0.4) is 0 Å². The molecule has 1 aromatic carbocycles. The van der Waals surface area contributed by atoms with Gasteiger partial charge in [-0.2, -0.15) is 0 Å². The molecule has 1 heterocycles. The van der Waals surface area contributed by atoms with E-state index in [0.29, 0.717) is 29.2 Å². The molecule has 1 aromatic rings. The third-order valence-corrected chi connectivity index (χ3v) is 3.63. The average molecular weight is 360 g/mol. The van der Waals surface area contributed by atoms with Crippen molar-refractivity contribution in [3.05, 3.63) is 29.3 Å². The summed E-state index contributed by atoms with van der Waals surface area (Å²) in [5, 5.41) is 3.30. The van der Waals surface area contributed by atoms with Gasteiger partial charge in [0.1, 0.15) is 5.60 Å². The lowest BCUT2D eigenvalue weighted by Gasteiger charge is -2.17. The van der Waals surface area contributed by atoms with E-state index in [1.807, 2.05) is 20.8 Å². The standard InChI is InChI=1S/C15H18N2O2.C5H10O2/c1-19-15(18)13-4-5-14(16)12(10-13)3-2-11-6-8-17-9-7-11;1-5(2,3)7-4-6/h4-5,10-11,17H,6-9,16H2,1H3;4H,1-3H3. The molecule has 0 aliphatic carbocycles. The molecule has 1 aliphatic rings. The second-order valence-electron chi connectivity index (χ2n) is 6.91. The number of carbonyl (C=O) groups is 2. The van der Waals surface area contributed by atoms with Crippen molar-refractivity contribution in [1.29, 1.82) is 0 Å². The van der Waals surface area contributed by atoms with Crippen molar-refractivity contribution >= 4 is 18.1 Å². The van der Waals surface area contributed by atoms with Crippen molar-refractivity contribution in [2.24, 2.45) is 5.92 Å². The molecule has 6 nitrogen and oxygen atoms in total.